The Morgan fingerprint density at radius 1 is 1.53 bits per heavy atom. The van der Waals surface area contributed by atoms with Crippen molar-refractivity contribution in [1.82, 2.24) is 0 Å². The normalized spacial score (nSPS) is 10.8. The van der Waals surface area contributed by atoms with Crippen LogP contribution in [-0.2, 0) is 10.1 Å². The van der Waals surface area contributed by atoms with Crippen LogP contribution in [0.4, 0.5) is 5.69 Å². The molecule has 0 saturated heterocycles. The van der Waals surface area contributed by atoms with Gasteiger partial charge in [-0.1, -0.05) is 11.6 Å². The molecule has 0 aliphatic heterocycles. The van der Waals surface area contributed by atoms with E-state index in [1.54, 1.807) is 0 Å². The SMILES string of the molecule is COc1cc([N+]#N)c(S(=O)(=O)O)cc1Cl. The predicted octanol–water partition coefficient (Wildman–Crippen LogP) is 2.08. The van der Waals surface area contributed by atoms with Crippen molar-refractivity contribution in [2.24, 2.45) is 0 Å². The predicted molar refractivity (Wildman–Crippen MR) is 52.6 cm³/mol. The van der Waals surface area contributed by atoms with Crippen LogP contribution in [-0.4, -0.2) is 20.1 Å². The van der Waals surface area contributed by atoms with Crippen LogP contribution in [0.25, 0.3) is 4.98 Å². The monoisotopic (exact) mass is 249 g/mol. The van der Waals surface area contributed by atoms with Crippen LogP contribution >= 0.6 is 11.6 Å². The van der Waals surface area contributed by atoms with Gasteiger partial charge >= 0.3 is 15.8 Å². The minimum absolute atomic E-state index is 0.0162. The Morgan fingerprint density at radius 3 is 2.53 bits per heavy atom. The van der Waals surface area contributed by atoms with E-state index >= 15 is 0 Å². The Bertz CT molecular complexity index is 535. The van der Waals surface area contributed by atoms with Gasteiger partial charge in [-0.25, -0.2) is 0 Å². The number of rotatable bonds is 2. The van der Waals surface area contributed by atoms with E-state index < -0.39 is 15.0 Å². The van der Waals surface area contributed by atoms with E-state index in [0.29, 0.717) is 0 Å². The van der Waals surface area contributed by atoms with Gasteiger partial charge in [-0.2, -0.15) is 8.42 Å². The summed E-state index contributed by atoms with van der Waals surface area (Å²) in [6.45, 7) is 0. The van der Waals surface area contributed by atoms with Gasteiger partial charge in [-0.15, -0.1) is 0 Å². The number of benzene rings is 1. The highest BCUT2D eigenvalue weighted by Gasteiger charge is 2.27. The Balaban J connectivity index is 3.57. The fourth-order valence-corrected chi connectivity index (χ4v) is 1.90. The minimum Gasteiger partial charge on any atom is -0.495 e. The first-order chi connectivity index (χ1) is 6.90. The summed E-state index contributed by atoms with van der Waals surface area (Å²) in [5.41, 5.74) is -0.348. The van der Waals surface area contributed by atoms with Crippen molar-refractivity contribution in [3.8, 4) is 5.75 Å². The summed E-state index contributed by atoms with van der Waals surface area (Å²) < 4.78 is 35.3. The van der Waals surface area contributed by atoms with Crippen LogP contribution in [0.2, 0.25) is 5.02 Å². The molecule has 0 unspecified atom stereocenters. The summed E-state index contributed by atoms with van der Waals surface area (Å²) in [6.07, 6.45) is 0. The van der Waals surface area contributed by atoms with E-state index in [0.717, 1.165) is 12.1 Å². The molecule has 8 heteroatoms. The molecule has 0 radical (unpaired) electrons. The fraction of sp³-hybridized carbons (Fsp3) is 0.143. The average Bonchev–Trinajstić information content (AvgIpc) is 2.16. The van der Waals surface area contributed by atoms with E-state index in [2.05, 4.69) is 4.98 Å². The molecule has 0 saturated carbocycles. The minimum atomic E-state index is -4.49. The number of methoxy groups -OCH3 is 1. The number of halogens is 1. The summed E-state index contributed by atoms with van der Waals surface area (Å²) in [5, 5.41) is 8.53. The number of hydrogen-bond donors (Lipinski definition) is 1. The van der Waals surface area contributed by atoms with Gasteiger partial charge in [0.1, 0.15) is 5.75 Å². The third-order valence-corrected chi connectivity index (χ3v) is 2.80. The quantitative estimate of drug-likeness (QED) is 0.640. The molecule has 0 aliphatic carbocycles. The average molecular weight is 250 g/mol. The molecule has 1 aromatic rings. The molecule has 80 valence electrons. The molecule has 1 N–H and O–H groups in total. The lowest BCUT2D eigenvalue weighted by molar-refractivity contribution is 0.415. The molecule has 1 aromatic carbocycles. The number of diazo groups is 1. The largest absolute Gasteiger partial charge is 0.495 e. The standard InChI is InChI=1S/C7H5ClN2O4S/c1-14-6-3-5(10-9)7(2-4(6)8)15(11,12)13/h2-3H,1H3/p+1. The maximum atomic E-state index is 10.8. The van der Waals surface area contributed by atoms with Crippen molar-refractivity contribution in [3.63, 3.8) is 0 Å². The summed E-state index contributed by atoms with van der Waals surface area (Å²) in [5.74, 6) is 0.136. The molecule has 0 heterocycles. The first-order valence-electron chi connectivity index (χ1n) is 3.60. The maximum absolute atomic E-state index is 10.8. The summed E-state index contributed by atoms with van der Waals surface area (Å²) >= 11 is 5.64. The third-order valence-electron chi connectivity index (χ3n) is 1.62. The molecular weight excluding hydrogens is 244 g/mol. The number of nitrogens with zero attached hydrogens (tertiary/aromatic N) is 2. The van der Waals surface area contributed by atoms with Crippen molar-refractivity contribution >= 4 is 27.4 Å². The van der Waals surface area contributed by atoms with Crippen molar-refractivity contribution < 1.29 is 17.7 Å². The molecule has 0 spiro atoms. The first-order valence-corrected chi connectivity index (χ1v) is 5.42. The van der Waals surface area contributed by atoms with E-state index in [1.807, 2.05) is 0 Å². The maximum Gasteiger partial charge on any atom is 0.409 e. The van der Waals surface area contributed by atoms with Crippen molar-refractivity contribution in [1.29, 1.82) is 5.39 Å². The highest BCUT2D eigenvalue weighted by atomic mass is 35.5. The molecule has 0 aliphatic rings. The molecule has 0 amide bonds. The van der Waals surface area contributed by atoms with E-state index in [4.69, 9.17) is 26.3 Å². The second kappa shape index (κ2) is 4.02. The Morgan fingerprint density at radius 2 is 2.13 bits per heavy atom. The number of ether oxygens (including phenoxy) is 1. The van der Waals surface area contributed by atoms with Gasteiger partial charge in [0, 0.05) is 0 Å². The molecule has 6 nitrogen and oxygen atoms in total. The van der Waals surface area contributed by atoms with E-state index in [9.17, 15) is 8.42 Å². The van der Waals surface area contributed by atoms with Gasteiger partial charge in [0.05, 0.1) is 18.2 Å². The fourth-order valence-electron chi connectivity index (χ4n) is 0.966. The highest BCUT2D eigenvalue weighted by molar-refractivity contribution is 7.86. The van der Waals surface area contributed by atoms with Crippen LogP contribution in [0.1, 0.15) is 0 Å². The molecule has 0 aromatic heterocycles. The van der Waals surface area contributed by atoms with Crippen molar-refractivity contribution in [3.05, 3.63) is 22.1 Å². The zero-order valence-corrected chi connectivity index (χ0v) is 9.08. The van der Waals surface area contributed by atoms with Crippen LogP contribution in [0.3, 0.4) is 0 Å². The van der Waals surface area contributed by atoms with E-state index in [-0.39, 0.29) is 16.5 Å². The molecule has 0 bridgehead atoms. The lowest BCUT2D eigenvalue weighted by Crippen LogP contribution is -1.99. The van der Waals surface area contributed by atoms with Gasteiger partial charge in [0.2, 0.25) is 5.39 Å². The second-order valence-corrected chi connectivity index (χ2v) is 4.33. The first kappa shape index (κ1) is 11.7. The summed E-state index contributed by atoms with van der Waals surface area (Å²) in [4.78, 5) is 2.12. The van der Waals surface area contributed by atoms with Crippen LogP contribution < -0.4 is 4.74 Å². The topological polar surface area (TPSA) is 91.8 Å². The number of hydrogen-bond acceptors (Lipinski definition) is 4. The van der Waals surface area contributed by atoms with Gasteiger partial charge in [0.25, 0.3) is 0 Å². The van der Waals surface area contributed by atoms with E-state index in [1.165, 1.54) is 7.11 Å². The smallest absolute Gasteiger partial charge is 0.409 e. The Kier molecular flexibility index (Phi) is 3.14. The molecule has 1 rings (SSSR count). The Labute approximate surface area is 90.8 Å². The summed E-state index contributed by atoms with van der Waals surface area (Å²) in [7, 11) is -3.17. The second-order valence-electron chi connectivity index (χ2n) is 2.53. The van der Waals surface area contributed by atoms with Gasteiger partial charge in [0.15, 0.2) is 9.87 Å². The molecule has 0 atom stereocenters. The zero-order chi connectivity index (χ0) is 11.6. The molecule has 0 fully saturated rings. The van der Waals surface area contributed by atoms with Crippen LogP contribution in [0, 0.1) is 5.39 Å². The van der Waals surface area contributed by atoms with Gasteiger partial charge in [-0.05, 0) is 6.07 Å². The van der Waals surface area contributed by atoms with Crippen molar-refractivity contribution in [2.45, 2.75) is 4.90 Å². The van der Waals surface area contributed by atoms with Gasteiger partial charge < -0.3 is 4.74 Å². The third kappa shape index (κ3) is 2.36. The molecular formula is C7H6ClN2O4S+. The summed E-state index contributed by atoms with van der Waals surface area (Å²) in [6, 6.07) is 2.02. The molecule has 15 heavy (non-hydrogen) atoms. The Hall–Kier alpha value is -1.36. The zero-order valence-electron chi connectivity index (χ0n) is 7.51. The van der Waals surface area contributed by atoms with Crippen LogP contribution in [0.15, 0.2) is 17.0 Å². The lowest BCUT2D eigenvalue weighted by Gasteiger charge is -2.01. The highest BCUT2D eigenvalue weighted by Crippen LogP contribution is 2.35. The van der Waals surface area contributed by atoms with Crippen molar-refractivity contribution in [2.75, 3.05) is 7.11 Å². The van der Waals surface area contributed by atoms with Crippen LogP contribution in [0.5, 0.6) is 5.75 Å². The lowest BCUT2D eigenvalue weighted by atomic mass is 10.3. The van der Waals surface area contributed by atoms with Gasteiger partial charge in [-0.3, -0.25) is 4.55 Å².